The van der Waals surface area contributed by atoms with Gasteiger partial charge in [-0.1, -0.05) is 13.8 Å². The van der Waals surface area contributed by atoms with Gasteiger partial charge >= 0.3 is 6.01 Å². The summed E-state index contributed by atoms with van der Waals surface area (Å²) in [5.74, 6) is 6.35. The molecule has 2 heterocycles. The van der Waals surface area contributed by atoms with Gasteiger partial charge < -0.3 is 9.47 Å². The summed E-state index contributed by atoms with van der Waals surface area (Å²) in [7, 11) is 0. The van der Waals surface area contributed by atoms with Crippen molar-refractivity contribution in [2.75, 3.05) is 25.2 Å². The van der Waals surface area contributed by atoms with Gasteiger partial charge in [-0.05, 0) is 12.0 Å². The summed E-state index contributed by atoms with van der Waals surface area (Å²) in [6.07, 6.45) is 3.34. The van der Waals surface area contributed by atoms with Crippen molar-refractivity contribution in [3.8, 4) is 12.0 Å². The predicted molar refractivity (Wildman–Crippen MR) is 75.9 cm³/mol. The number of rotatable bonds is 8. The van der Waals surface area contributed by atoms with Gasteiger partial charge in [-0.25, -0.2) is 10.5 Å². The Morgan fingerprint density at radius 3 is 2.81 bits per heavy atom. The first-order chi connectivity index (χ1) is 10.2. The van der Waals surface area contributed by atoms with Crippen LogP contribution in [-0.4, -0.2) is 44.6 Å². The molecule has 0 aromatic carbocycles. The van der Waals surface area contributed by atoms with Gasteiger partial charge in [-0.3, -0.25) is 5.43 Å². The van der Waals surface area contributed by atoms with E-state index in [0.29, 0.717) is 31.7 Å². The molecule has 0 saturated heterocycles. The van der Waals surface area contributed by atoms with Crippen LogP contribution >= 0.6 is 0 Å². The number of hydrogen-bond donors (Lipinski definition) is 2. The summed E-state index contributed by atoms with van der Waals surface area (Å²) in [5.41, 5.74) is 2.37. The van der Waals surface area contributed by atoms with Gasteiger partial charge in [-0.15, -0.1) is 0 Å². The molecule has 3 N–H and O–H groups in total. The molecule has 0 bridgehead atoms. The number of hydrazine groups is 1. The third-order valence-electron chi connectivity index (χ3n) is 2.35. The molecule has 0 radical (unpaired) electrons. The third kappa shape index (κ3) is 4.65. The van der Waals surface area contributed by atoms with Crippen molar-refractivity contribution < 1.29 is 9.47 Å². The van der Waals surface area contributed by atoms with Crippen molar-refractivity contribution in [2.24, 2.45) is 11.8 Å². The second-order valence-electron chi connectivity index (χ2n) is 4.65. The number of aromatic nitrogens is 5. The molecule has 0 unspecified atom stereocenters. The van der Waals surface area contributed by atoms with Gasteiger partial charge in [0.05, 0.1) is 6.61 Å². The van der Waals surface area contributed by atoms with Gasteiger partial charge in [-0.2, -0.15) is 20.1 Å². The SMILES string of the molecule is CC(C)COCCOc1nc(NN)nc(-n2cccn2)n1. The van der Waals surface area contributed by atoms with Gasteiger partial charge in [0.1, 0.15) is 6.61 Å². The first-order valence-corrected chi connectivity index (χ1v) is 6.62. The third-order valence-corrected chi connectivity index (χ3v) is 2.35. The molecule has 2 aromatic rings. The molecule has 0 aliphatic heterocycles. The zero-order chi connectivity index (χ0) is 15.1. The Bertz CT molecular complexity index is 545. The van der Waals surface area contributed by atoms with E-state index in [1.165, 1.54) is 4.68 Å². The lowest BCUT2D eigenvalue weighted by atomic mass is 10.2. The minimum atomic E-state index is 0.164. The first kappa shape index (κ1) is 15.1. The second kappa shape index (κ2) is 7.50. The standard InChI is InChI=1S/C12H19N7O2/c1-9(2)8-20-6-7-21-12-16-10(18-13)15-11(17-12)19-5-3-4-14-19/h3-5,9H,6-8,13H2,1-2H3,(H,15,16,17,18). The largest absolute Gasteiger partial charge is 0.461 e. The lowest BCUT2D eigenvalue weighted by molar-refractivity contribution is 0.0791. The topological polar surface area (TPSA) is 113 Å². The van der Waals surface area contributed by atoms with E-state index in [0.717, 1.165) is 0 Å². The quantitative estimate of drug-likeness (QED) is 0.408. The van der Waals surface area contributed by atoms with Crippen molar-refractivity contribution in [3.63, 3.8) is 0 Å². The maximum atomic E-state index is 5.45. The van der Waals surface area contributed by atoms with E-state index in [1.807, 2.05) is 0 Å². The van der Waals surface area contributed by atoms with Crippen LogP contribution in [0.5, 0.6) is 6.01 Å². The van der Waals surface area contributed by atoms with Crippen LogP contribution < -0.4 is 16.0 Å². The lowest BCUT2D eigenvalue weighted by Gasteiger charge is -2.09. The Morgan fingerprint density at radius 2 is 2.14 bits per heavy atom. The molecule has 9 nitrogen and oxygen atoms in total. The number of nitrogen functional groups attached to an aromatic ring is 1. The first-order valence-electron chi connectivity index (χ1n) is 6.62. The highest BCUT2D eigenvalue weighted by molar-refractivity contribution is 5.28. The number of nitrogens with two attached hydrogens (primary N) is 1. The van der Waals surface area contributed by atoms with E-state index in [9.17, 15) is 0 Å². The molecule has 0 spiro atoms. The number of anilines is 1. The maximum Gasteiger partial charge on any atom is 0.323 e. The van der Waals surface area contributed by atoms with Crippen LogP contribution in [0.2, 0.25) is 0 Å². The van der Waals surface area contributed by atoms with Gasteiger partial charge in [0.25, 0.3) is 5.95 Å². The van der Waals surface area contributed by atoms with Crippen molar-refractivity contribution in [1.29, 1.82) is 0 Å². The highest BCUT2D eigenvalue weighted by Gasteiger charge is 2.08. The molecule has 114 valence electrons. The van der Waals surface area contributed by atoms with E-state index in [-0.39, 0.29) is 12.0 Å². The van der Waals surface area contributed by atoms with Gasteiger partial charge in [0, 0.05) is 19.0 Å². The molecular formula is C12H19N7O2. The smallest absolute Gasteiger partial charge is 0.323 e. The van der Waals surface area contributed by atoms with E-state index in [2.05, 4.69) is 39.3 Å². The van der Waals surface area contributed by atoms with Crippen molar-refractivity contribution in [3.05, 3.63) is 18.5 Å². The minimum Gasteiger partial charge on any atom is -0.461 e. The summed E-state index contributed by atoms with van der Waals surface area (Å²) in [6.45, 7) is 5.67. The number of hydrogen-bond acceptors (Lipinski definition) is 8. The zero-order valence-electron chi connectivity index (χ0n) is 12.1. The summed E-state index contributed by atoms with van der Waals surface area (Å²) < 4.78 is 12.4. The van der Waals surface area contributed by atoms with E-state index in [1.54, 1.807) is 18.5 Å². The zero-order valence-corrected chi connectivity index (χ0v) is 12.1. The molecule has 2 aromatic heterocycles. The second-order valence-corrected chi connectivity index (χ2v) is 4.65. The van der Waals surface area contributed by atoms with Crippen LogP contribution in [0.15, 0.2) is 18.5 Å². The van der Waals surface area contributed by atoms with Crippen LogP contribution in [0.1, 0.15) is 13.8 Å². The molecule has 0 amide bonds. The van der Waals surface area contributed by atoms with E-state index < -0.39 is 0 Å². The summed E-state index contributed by atoms with van der Waals surface area (Å²) >= 11 is 0. The van der Waals surface area contributed by atoms with Gasteiger partial charge in [0.2, 0.25) is 5.95 Å². The molecule has 0 atom stereocenters. The number of nitrogens with one attached hydrogen (secondary N) is 1. The Hall–Kier alpha value is -2.26. The molecule has 21 heavy (non-hydrogen) atoms. The highest BCUT2D eigenvalue weighted by Crippen LogP contribution is 2.09. The Labute approximate surface area is 122 Å². The van der Waals surface area contributed by atoms with Crippen LogP contribution in [0, 0.1) is 5.92 Å². The fraction of sp³-hybridized carbons (Fsp3) is 0.500. The Kier molecular flexibility index (Phi) is 5.41. The average molecular weight is 293 g/mol. The summed E-state index contributed by atoms with van der Waals surface area (Å²) in [6, 6.07) is 1.93. The van der Waals surface area contributed by atoms with E-state index >= 15 is 0 Å². The molecular weight excluding hydrogens is 274 g/mol. The molecule has 9 heteroatoms. The van der Waals surface area contributed by atoms with Crippen LogP contribution in [-0.2, 0) is 4.74 Å². The molecule has 2 rings (SSSR count). The Morgan fingerprint density at radius 1 is 1.29 bits per heavy atom. The van der Waals surface area contributed by atoms with Crippen LogP contribution in [0.25, 0.3) is 5.95 Å². The molecule has 0 aliphatic rings. The molecule has 0 fully saturated rings. The van der Waals surface area contributed by atoms with Crippen LogP contribution in [0.4, 0.5) is 5.95 Å². The minimum absolute atomic E-state index is 0.164. The monoisotopic (exact) mass is 293 g/mol. The lowest BCUT2D eigenvalue weighted by Crippen LogP contribution is -2.16. The van der Waals surface area contributed by atoms with Crippen molar-refractivity contribution in [2.45, 2.75) is 13.8 Å². The summed E-state index contributed by atoms with van der Waals surface area (Å²) in [4.78, 5) is 12.3. The fourth-order valence-corrected chi connectivity index (χ4v) is 1.48. The normalized spacial score (nSPS) is 10.9. The fourth-order valence-electron chi connectivity index (χ4n) is 1.48. The molecule has 0 aliphatic carbocycles. The van der Waals surface area contributed by atoms with E-state index in [4.69, 9.17) is 15.3 Å². The average Bonchev–Trinajstić information content (AvgIpc) is 3.00. The number of nitrogens with zero attached hydrogens (tertiary/aromatic N) is 5. The maximum absolute atomic E-state index is 5.45. The van der Waals surface area contributed by atoms with Crippen LogP contribution in [0.3, 0.4) is 0 Å². The number of ether oxygens (including phenoxy) is 2. The van der Waals surface area contributed by atoms with Crippen molar-refractivity contribution in [1.82, 2.24) is 24.7 Å². The summed E-state index contributed by atoms with van der Waals surface area (Å²) in [5, 5.41) is 4.05. The van der Waals surface area contributed by atoms with Crippen molar-refractivity contribution >= 4 is 5.95 Å². The highest BCUT2D eigenvalue weighted by atomic mass is 16.5. The molecule has 0 saturated carbocycles. The van der Waals surface area contributed by atoms with Gasteiger partial charge in [0.15, 0.2) is 0 Å². The Balaban J connectivity index is 1.97. The predicted octanol–water partition coefficient (Wildman–Crippen LogP) is 0.394.